The number of rotatable bonds is 8. The molecule has 2 atom stereocenters. The minimum Gasteiger partial charge on any atom is -0.494 e. The standard InChI is InChI=1S/C25H34N8O2/c1-3-35-21-8-6-20(7-9-21)33-23-22(30-31-33)16-27-25(29-23)28-19-5-4-18(14-19)24(34)26-15-17-10-12-32(2)13-11-17/h6-9,16-19H,3-5,10-15H2,1-2H3,(H,26,34)(H,27,28,29)/t18-,19-/m1/s1. The lowest BCUT2D eigenvalue weighted by Gasteiger charge is -2.29. The van der Waals surface area contributed by atoms with Crippen molar-refractivity contribution in [1.29, 1.82) is 0 Å². The lowest BCUT2D eigenvalue weighted by atomic mass is 9.96. The first-order valence-electron chi connectivity index (χ1n) is 12.6. The highest BCUT2D eigenvalue weighted by Gasteiger charge is 2.31. The van der Waals surface area contributed by atoms with Gasteiger partial charge in [-0.15, -0.1) is 5.10 Å². The van der Waals surface area contributed by atoms with Crippen LogP contribution in [0, 0.1) is 11.8 Å². The summed E-state index contributed by atoms with van der Waals surface area (Å²) in [7, 11) is 2.16. The van der Waals surface area contributed by atoms with Gasteiger partial charge in [-0.05, 0) is 89.3 Å². The number of nitrogens with one attached hydrogen (secondary N) is 2. The van der Waals surface area contributed by atoms with Crippen molar-refractivity contribution >= 4 is 23.0 Å². The second kappa shape index (κ2) is 10.6. The van der Waals surface area contributed by atoms with Gasteiger partial charge in [0.05, 0.1) is 18.5 Å². The van der Waals surface area contributed by atoms with Crippen LogP contribution in [0.1, 0.15) is 39.0 Å². The van der Waals surface area contributed by atoms with Crippen LogP contribution in [0.2, 0.25) is 0 Å². The van der Waals surface area contributed by atoms with E-state index in [4.69, 9.17) is 4.74 Å². The Bertz CT molecular complexity index is 1140. The number of anilines is 1. The Labute approximate surface area is 205 Å². The molecule has 0 unspecified atom stereocenters. The summed E-state index contributed by atoms with van der Waals surface area (Å²) in [5, 5.41) is 15.1. The molecule has 1 aliphatic carbocycles. The minimum atomic E-state index is 0.0403. The van der Waals surface area contributed by atoms with Crippen molar-refractivity contribution in [2.75, 3.05) is 38.6 Å². The first-order chi connectivity index (χ1) is 17.1. The summed E-state index contributed by atoms with van der Waals surface area (Å²) >= 11 is 0. The summed E-state index contributed by atoms with van der Waals surface area (Å²) in [4.78, 5) is 24.2. The maximum atomic E-state index is 12.7. The number of likely N-dealkylation sites (tertiary alicyclic amines) is 1. The minimum absolute atomic E-state index is 0.0403. The highest BCUT2D eigenvalue weighted by atomic mass is 16.5. The largest absolute Gasteiger partial charge is 0.494 e. The fourth-order valence-electron chi connectivity index (χ4n) is 5.01. The summed E-state index contributed by atoms with van der Waals surface area (Å²) in [6.07, 6.45) is 6.59. The third kappa shape index (κ3) is 5.53. The Morgan fingerprint density at radius 1 is 1.14 bits per heavy atom. The zero-order valence-corrected chi connectivity index (χ0v) is 20.5. The monoisotopic (exact) mass is 478 g/mol. The molecule has 0 spiro atoms. The number of aromatic nitrogens is 5. The molecule has 5 rings (SSSR count). The molecular weight excluding hydrogens is 444 g/mol. The predicted molar refractivity (Wildman–Crippen MR) is 134 cm³/mol. The van der Waals surface area contributed by atoms with E-state index in [1.54, 1.807) is 10.9 Å². The number of nitrogens with zero attached hydrogens (tertiary/aromatic N) is 6. The Kier molecular flexibility index (Phi) is 7.08. The van der Waals surface area contributed by atoms with Crippen LogP contribution in [0.15, 0.2) is 30.5 Å². The molecule has 1 aliphatic heterocycles. The van der Waals surface area contributed by atoms with Crippen LogP contribution in [0.25, 0.3) is 16.9 Å². The quantitative estimate of drug-likeness (QED) is 0.509. The molecular formula is C25H34N8O2. The molecule has 3 aromatic rings. The van der Waals surface area contributed by atoms with Crippen LogP contribution in [0.4, 0.5) is 5.95 Å². The van der Waals surface area contributed by atoms with E-state index in [2.05, 4.69) is 42.9 Å². The van der Waals surface area contributed by atoms with Gasteiger partial charge in [-0.2, -0.15) is 9.67 Å². The van der Waals surface area contributed by atoms with Gasteiger partial charge in [-0.1, -0.05) is 5.21 Å². The molecule has 2 aliphatic rings. The zero-order valence-electron chi connectivity index (χ0n) is 20.5. The van der Waals surface area contributed by atoms with Gasteiger partial charge in [-0.25, -0.2) is 4.98 Å². The fourth-order valence-corrected chi connectivity index (χ4v) is 5.01. The molecule has 0 radical (unpaired) electrons. The first-order valence-corrected chi connectivity index (χ1v) is 12.6. The van der Waals surface area contributed by atoms with Crippen LogP contribution < -0.4 is 15.4 Å². The van der Waals surface area contributed by atoms with Crippen molar-refractivity contribution < 1.29 is 9.53 Å². The van der Waals surface area contributed by atoms with Crippen molar-refractivity contribution in [2.45, 2.75) is 45.1 Å². The third-order valence-electron chi connectivity index (χ3n) is 7.12. The Morgan fingerprint density at radius 2 is 1.94 bits per heavy atom. The third-order valence-corrected chi connectivity index (χ3v) is 7.12. The van der Waals surface area contributed by atoms with E-state index in [-0.39, 0.29) is 17.9 Å². The molecule has 10 heteroatoms. The summed E-state index contributed by atoms with van der Waals surface area (Å²) in [5.41, 5.74) is 2.11. The molecule has 2 aromatic heterocycles. The SMILES string of the molecule is CCOc1ccc(-n2nnc3cnc(N[C@@H]4CC[C@@H](C(=O)NCC5CCN(C)CC5)C4)nc32)cc1. The number of ether oxygens (including phenoxy) is 1. The molecule has 2 fully saturated rings. The van der Waals surface area contributed by atoms with Crippen molar-refractivity contribution in [2.24, 2.45) is 11.8 Å². The van der Waals surface area contributed by atoms with E-state index >= 15 is 0 Å². The van der Waals surface area contributed by atoms with Crippen molar-refractivity contribution in [3.05, 3.63) is 30.5 Å². The number of benzene rings is 1. The number of amides is 1. The van der Waals surface area contributed by atoms with Crippen LogP contribution in [-0.4, -0.2) is 75.1 Å². The molecule has 10 nitrogen and oxygen atoms in total. The number of fused-ring (bicyclic) bond motifs is 1. The van der Waals surface area contributed by atoms with Gasteiger partial charge in [0, 0.05) is 18.5 Å². The number of piperidine rings is 1. The number of carbonyl (C=O) groups is 1. The van der Waals surface area contributed by atoms with Gasteiger partial charge in [-0.3, -0.25) is 4.79 Å². The van der Waals surface area contributed by atoms with Crippen LogP contribution in [0.3, 0.4) is 0 Å². The number of carbonyl (C=O) groups excluding carboxylic acids is 1. The highest BCUT2D eigenvalue weighted by Crippen LogP contribution is 2.28. The molecule has 0 bridgehead atoms. The van der Waals surface area contributed by atoms with Gasteiger partial charge < -0.3 is 20.3 Å². The average molecular weight is 479 g/mol. The lowest BCUT2D eigenvalue weighted by Crippen LogP contribution is -2.38. The van der Waals surface area contributed by atoms with E-state index in [9.17, 15) is 4.79 Å². The van der Waals surface area contributed by atoms with E-state index < -0.39 is 0 Å². The van der Waals surface area contributed by atoms with Gasteiger partial charge >= 0.3 is 0 Å². The highest BCUT2D eigenvalue weighted by molar-refractivity contribution is 5.79. The number of hydrogen-bond acceptors (Lipinski definition) is 8. The fraction of sp³-hybridized carbons (Fsp3) is 0.560. The summed E-state index contributed by atoms with van der Waals surface area (Å²) in [6.45, 7) is 5.61. The second-order valence-electron chi connectivity index (χ2n) is 9.67. The van der Waals surface area contributed by atoms with Crippen molar-refractivity contribution in [1.82, 2.24) is 35.2 Å². The molecule has 35 heavy (non-hydrogen) atoms. The molecule has 1 saturated carbocycles. The van der Waals surface area contributed by atoms with Crippen LogP contribution in [0.5, 0.6) is 5.75 Å². The summed E-state index contributed by atoms with van der Waals surface area (Å²) < 4.78 is 7.22. The Balaban J connectivity index is 1.18. The van der Waals surface area contributed by atoms with Crippen molar-refractivity contribution in [3.63, 3.8) is 0 Å². The normalized spacial score (nSPS) is 21.3. The molecule has 186 valence electrons. The maximum absolute atomic E-state index is 12.7. The topological polar surface area (TPSA) is 110 Å². The molecule has 3 heterocycles. The summed E-state index contributed by atoms with van der Waals surface area (Å²) in [6, 6.07) is 7.84. The molecule has 2 N–H and O–H groups in total. The molecule has 1 aromatic carbocycles. The van der Waals surface area contributed by atoms with Crippen LogP contribution in [-0.2, 0) is 4.79 Å². The van der Waals surface area contributed by atoms with E-state index in [1.165, 1.54) is 0 Å². The van der Waals surface area contributed by atoms with Crippen molar-refractivity contribution in [3.8, 4) is 11.4 Å². The lowest BCUT2D eigenvalue weighted by molar-refractivity contribution is -0.125. The van der Waals surface area contributed by atoms with Gasteiger partial charge in [0.15, 0.2) is 11.2 Å². The van der Waals surface area contributed by atoms with Gasteiger partial charge in [0.2, 0.25) is 11.9 Å². The predicted octanol–water partition coefficient (Wildman–Crippen LogP) is 2.65. The van der Waals surface area contributed by atoms with E-state index in [0.717, 1.165) is 63.2 Å². The number of hydrogen-bond donors (Lipinski definition) is 2. The van der Waals surface area contributed by atoms with E-state index in [0.29, 0.717) is 29.6 Å². The first kappa shape index (κ1) is 23.5. The summed E-state index contributed by atoms with van der Waals surface area (Å²) in [5.74, 6) is 2.16. The molecule has 1 saturated heterocycles. The Hall–Kier alpha value is -3.27. The molecule has 1 amide bonds. The van der Waals surface area contributed by atoms with E-state index in [1.807, 2.05) is 31.2 Å². The average Bonchev–Trinajstić information content (AvgIpc) is 3.51. The van der Waals surface area contributed by atoms with Gasteiger partial charge in [0.1, 0.15) is 5.75 Å². The second-order valence-corrected chi connectivity index (χ2v) is 9.67. The maximum Gasteiger partial charge on any atom is 0.225 e. The van der Waals surface area contributed by atoms with Gasteiger partial charge in [0.25, 0.3) is 0 Å². The smallest absolute Gasteiger partial charge is 0.225 e. The van der Waals surface area contributed by atoms with Crippen LogP contribution >= 0.6 is 0 Å². The zero-order chi connectivity index (χ0) is 24.2. The Morgan fingerprint density at radius 3 is 2.71 bits per heavy atom.